The monoisotopic (exact) mass is 391 g/mol. The number of nitrogens with zero attached hydrogens (tertiary/aromatic N) is 1. The molecule has 1 aromatic heterocycles. The van der Waals surface area contributed by atoms with Crippen molar-refractivity contribution < 1.29 is 9.84 Å². The van der Waals surface area contributed by atoms with Gasteiger partial charge in [-0.25, -0.2) is 0 Å². The number of aliphatic hydroxyl groups is 1. The maximum atomic E-state index is 12.6. The Bertz CT molecular complexity index is 835. The van der Waals surface area contributed by atoms with Crippen molar-refractivity contribution in [3.8, 4) is 0 Å². The number of rotatable bonds is 9. The van der Waals surface area contributed by atoms with Gasteiger partial charge in [0.25, 0.3) is 5.56 Å². The van der Waals surface area contributed by atoms with Gasteiger partial charge < -0.3 is 25.0 Å². The van der Waals surface area contributed by atoms with Gasteiger partial charge in [-0.2, -0.15) is 0 Å². The topological polar surface area (TPSA) is 77.6 Å². The Morgan fingerprint density at radius 1 is 1.30 bits per heavy atom. The predicted molar refractivity (Wildman–Crippen MR) is 113 cm³/mol. The molecular weight excluding hydrogens is 362 g/mol. The van der Waals surface area contributed by atoms with Crippen LogP contribution in [0.1, 0.15) is 29.5 Å². The van der Waals surface area contributed by atoms with E-state index in [0.717, 1.165) is 28.5 Å². The lowest BCUT2D eigenvalue weighted by Gasteiger charge is -2.25. The summed E-state index contributed by atoms with van der Waals surface area (Å²) in [5, 5.41) is 14.0. The number of hydrogen-bond acceptors (Lipinski definition) is 4. The van der Waals surface area contributed by atoms with E-state index in [0.29, 0.717) is 43.3 Å². The van der Waals surface area contributed by atoms with E-state index in [-0.39, 0.29) is 12.2 Å². The number of benzene rings is 1. The third-order valence-electron chi connectivity index (χ3n) is 4.43. The minimum absolute atomic E-state index is 0.0786. The Hall–Kier alpha value is -1.96. The second-order valence-electron chi connectivity index (χ2n) is 6.74. The van der Waals surface area contributed by atoms with Crippen LogP contribution in [0, 0.1) is 13.8 Å². The first-order chi connectivity index (χ1) is 13.0. The van der Waals surface area contributed by atoms with Gasteiger partial charge in [0, 0.05) is 49.9 Å². The number of thiocarbonyl (C=S) groups is 1. The summed E-state index contributed by atoms with van der Waals surface area (Å²) in [6, 6.07) is 6.04. The molecule has 148 valence electrons. The number of fused-ring (bicyclic) bond motifs is 1. The summed E-state index contributed by atoms with van der Waals surface area (Å²) >= 11 is 5.50. The molecule has 0 bridgehead atoms. The summed E-state index contributed by atoms with van der Waals surface area (Å²) in [5.74, 6) is 0. The zero-order valence-electron chi connectivity index (χ0n) is 16.3. The summed E-state index contributed by atoms with van der Waals surface area (Å²) in [4.78, 5) is 17.5. The highest BCUT2D eigenvalue weighted by Crippen LogP contribution is 2.19. The normalized spacial score (nSPS) is 11.0. The summed E-state index contributed by atoms with van der Waals surface area (Å²) in [6.45, 7) is 6.48. The molecule has 0 unspecified atom stereocenters. The Morgan fingerprint density at radius 3 is 2.78 bits per heavy atom. The van der Waals surface area contributed by atoms with Gasteiger partial charge in [0.1, 0.15) is 0 Å². The van der Waals surface area contributed by atoms with Gasteiger partial charge in [0.05, 0.1) is 6.54 Å². The van der Waals surface area contributed by atoms with Crippen molar-refractivity contribution in [3.05, 3.63) is 45.2 Å². The molecule has 1 aromatic carbocycles. The minimum atomic E-state index is -0.108. The summed E-state index contributed by atoms with van der Waals surface area (Å²) in [7, 11) is 1.67. The number of aromatic amines is 1. The molecule has 27 heavy (non-hydrogen) atoms. The number of methoxy groups -OCH3 is 1. The molecular formula is C20H29N3O3S. The molecule has 6 nitrogen and oxygen atoms in total. The van der Waals surface area contributed by atoms with Crippen LogP contribution in [0.4, 0.5) is 0 Å². The average Bonchev–Trinajstić information content (AvgIpc) is 2.62. The lowest BCUT2D eigenvalue weighted by Crippen LogP contribution is -2.41. The summed E-state index contributed by atoms with van der Waals surface area (Å²) < 4.78 is 5.05. The molecule has 0 radical (unpaired) electrons. The molecule has 1 heterocycles. The van der Waals surface area contributed by atoms with Crippen molar-refractivity contribution in [3.63, 3.8) is 0 Å². The van der Waals surface area contributed by atoms with Crippen molar-refractivity contribution in [2.75, 3.05) is 33.4 Å². The van der Waals surface area contributed by atoms with E-state index in [9.17, 15) is 9.90 Å². The van der Waals surface area contributed by atoms with Gasteiger partial charge >= 0.3 is 0 Å². The molecule has 2 rings (SSSR count). The zero-order valence-corrected chi connectivity index (χ0v) is 17.1. The van der Waals surface area contributed by atoms with E-state index < -0.39 is 0 Å². The molecule has 0 saturated heterocycles. The Labute approximate surface area is 165 Å². The van der Waals surface area contributed by atoms with Crippen LogP contribution in [0.15, 0.2) is 23.0 Å². The highest BCUT2D eigenvalue weighted by Gasteiger charge is 2.13. The van der Waals surface area contributed by atoms with Crippen molar-refractivity contribution in [1.82, 2.24) is 15.2 Å². The fourth-order valence-corrected chi connectivity index (χ4v) is 3.33. The van der Waals surface area contributed by atoms with Crippen LogP contribution < -0.4 is 10.9 Å². The number of H-pyrrole nitrogens is 1. The smallest absolute Gasteiger partial charge is 0.253 e. The molecule has 0 aliphatic carbocycles. The van der Waals surface area contributed by atoms with Crippen molar-refractivity contribution >= 4 is 28.2 Å². The van der Waals surface area contributed by atoms with Gasteiger partial charge in [-0.15, -0.1) is 0 Å². The third kappa shape index (κ3) is 6.02. The van der Waals surface area contributed by atoms with Crippen molar-refractivity contribution in [2.24, 2.45) is 0 Å². The van der Waals surface area contributed by atoms with E-state index in [2.05, 4.69) is 16.4 Å². The molecule has 0 spiro atoms. The highest BCUT2D eigenvalue weighted by molar-refractivity contribution is 7.80. The van der Waals surface area contributed by atoms with E-state index in [1.54, 1.807) is 7.11 Å². The molecule has 7 heteroatoms. The number of hydrogen-bond donors (Lipinski definition) is 3. The third-order valence-corrected chi connectivity index (χ3v) is 4.83. The van der Waals surface area contributed by atoms with Gasteiger partial charge in [0.15, 0.2) is 5.11 Å². The molecule has 0 aliphatic rings. The largest absolute Gasteiger partial charge is 0.396 e. The van der Waals surface area contributed by atoms with Crippen LogP contribution in [-0.2, 0) is 11.3 Å². The predicted octanol–water partition coefficient (Wildman–Crippen LogP) is 2.24. The van der Waals surface area contributed by atoms with Crippen molar-refractivity contribution in [1.29, 1.82) is 0 Å². The van der Waals surface area contributed by atoms with Gasteiger partial charge in [-0.3, -0.25) is 4.79 Å². The van der Waals surface area contributed by atoms with E-state index in [4.69, 9.17) is 17.0 Å². The summed E-state index contributed by atoms with van der Waals surface area (Å²) in [5.41, 5.74) is 3.65. The molecule has 0 aliphatic heterocycles. The second kappa shape index (κ2) is 10.4. The molecule has 0 saturated carbocycles. The Morgan fingerprint density at radius 2 is 2.07 bits per heavy atom. The lowest BCUT2D eigenvalue weighted by molar-refractivity contribution is 0.195. The highest BCUT2D eigenvalue weighted by atomic mass is 32.1. The maximum absolute atomic E-state index is 12.6. The second-order valence-corrected chi connectivity index (χ2v) is 7.13. The van der Waals surface area contributed by atoms with Crippen LogP contribution in [0.2, 0.25) is 0 Å². The minimum Gasteiger partial charge on any atom is -0.396 e. The number of ether oxygens (including phenoxy) is 1. The zero-order chi connectivity index (χ0) is 19.8. The SMILES string of the molecule is COCCCNC(=S)N(CCCO)Cc1cc2c(C)cc(C)cc2[nH]c1=O. The first kappa shape index (κ1) is 21.3. The Balaban J connectivity index is 2.21. The number of aromatic nitrogens is 1. The van der Waals surface area contributed by atoms with Crippen LogP contribution in [-0.4, -0.2) is 53.5 Å². The molecule has 3 N–H and O–H groups in total. The maximum Gasteiger partial charge on any atom is 0.253 e. The fourth-order valence-electron chi connectivity index (χ4n) is 3.08. The van der Waals surface area contributed by atoms with E-state index in [1.807, 2.05) is 30.9 Å². The van der Waals surface area contributed by atoms with Gasteiger partial charge in [-0.1, -0.05) is 6.07 Å². The van der Waals surface area contributed by atoms with E-state index >= 15 is 0 Å². The fraction of sp³-hybridized carbons (Fsp3) is 0.500. The standard InChI is InChI=1S/C20H29N3O3S/c1-14-10-15(2)17-12-16(19(25)22-18(17)11-14)13-23(7-5-8-24)20(27)21-6-4-9-26-3/h10-12,24H,4-9,13H2,1-3H3,(H,21,27)(H,22,25). The first-order valence-corrected chi connectivity index (χ1v) is 9.62. The summed E-state index contributed by atoms with van der Waals surface area (Å²) in [6.07, 6.45) is 1.43. The van der Waals surface area contributed by atoms with E-state index in [1.165, 1.54) is 0 Å². The molecule has 2 aromatic rings. The number of aryl methyl sites for hydroxylation is 2. The average molecular weight is 392 g/mol. The number of aliphatic hydroxyl groups excluding tert-OH is 1. The van der Waals surface area contributed by atoms with Crippen molar-refractivity contribution in [2.45, 2.75) is 33.2 Å². The van der Waals surface area contributed by atoms with Crippen LogP contribution in [0.25, 0.3) is 10.9 Å². The van der Waals surface area contributed by atoms with Gasteiger partial charge in [0.2, 0.25) is 0 Å². The van der Waals surface area contributed by atoms with Crippen LogP contribution >= 0.6 is 12.2 Å². The van der Waals surface area contributed by atoms with Crippen LogP contribution in [0.5, 0.6) is 0 Å². The molecule has 0 amide bonds. The quantitative estimate of drug-likeness (QED) is 0.450. The first-order valence-electron chi connectivity index (χ1n) is 9.22. The van der Waals surface area contributed by atoms with Gasteiger partial charge in [-0.05, 0) is 62.2 Å². The lowest BCUT2D eigenvalue weighted by atomic mass is 10.0. The van der Waals surface area contributed by atoms with Crippen LogP contribution in [0.3, 0.4) is 0 Å². The number of pyridine rings is 1. The molecule has 0 fully saturated rings. The number of nitrogens with one attached hydrogen (secondary N) is 2. The molecule has 0 atom stereocenters. The Kier molecular flexibility index (Phi) is 8.22.